The zero-order chi connectivity index (χ0) is 11.1. The monoisotopic (exact) mass is 222 g/mol. The Morgan fingerprint density at radius 1 is 1.38 bits per heavy atom. The molecule has 0 radical (unpaired) electrons. The molecule has 16 heavy (non-hydrogen) atoms. The molecule has 0 aromatic heterocycles. The van der Waals surface area contributed by atoms with E-state index >= 15 is 0 Å². The predicted octanol–water partition coefficient (Wildman–Crippen LogP) is 1.24. The molecule has 3 rings (SSSR count). The number of amides is 1. The minimum atomic E-state index is 0.434. The van der Waals surface area contributed by atoms with Gasteiger partial charge in [0.1, 0.15) is 0 Å². The van der Waals surface area contributed by atoms with Gasteiger partial charge in [-0.05, 0) is 37.0 Å². The van der Waals surface area contributed by atoms with Crippen LogP contribution < -0.4 is 5.32 Å². The van der Waals surface area contributed by atoms with Crippen LogP contribution >= 0.6 is 0 Å². The van der Waals surface area contributed by atoms with Crippen molar-refractivity contribution < 1.29 is 4.79 Å². The van der Waals surface area contributed by atoms with E-state index in [-0.39, 0.29) is 0 Å². The number of carbonyl (C=O) groups excluding carboxylic acids is 1. The van der Waals surface area contributed by atoms with Crippen LogP contribution in [0.5, 0.6) is 0 Å². The van der Waals surface area contributed by atoms with E-state index in [1.165, 1.54) is 12.8 Å². The van der Waals surface area contributed by atoms with Crippen LogP contribution in [0.4, 0.5) is 0 Å². The zero-order valence-electron chi connectivity index (χ0n) is 10.1. The van der Waals surface area contributed by atoms with Crippen molar-refractivity contribution >= 4 is 5.91 Å². The first-order chi connectivity index (χ1) is 7.79. The van der Waals surface area contributed by atoms with Gasteiger partial charge in [-0.1, -0.05) is 6.92 Å². The Bertz CT molecular complexity index is 288. The summed E-state index contributed by atoms with van der Waals surface area (Å²) in [7, 11) is 0. The predicted molar refractivity (Wildman–Crippen MR) is 63.0 cm³/mol. The second-order valence-electron chi connectivity index (χ2n) is 5.75. The molecule has 2 saturated heterocycles. The maximum Gasteiger partial charge on any atom is 0.223 e. The highest BCUT2D eigenvalue weighted by molar-refractivity contribution is 5.77. The Morgan fingerprint density at radius 2 is 2.19 bits per heavy atom. The summed E-state index contributed by atoms with van der Waals surface area (Å²) in [6, 6.07) is 0.520. The van der Waals surface area contributed by atoms with Crippen LogP contribution in [-0.4, -0.2) is 36.5 Å². The van der Waals surface area contributed by atoms with Crippen LogP contribution in [-0.2, 0) is 4.79 Å². The summed E-state index contributed by atoms with van der Waals surface area (Å²) in [6.45, 7) is 5.48. The summed E-state index contributed by atoms with van der Waals surface area (Å²) >= 11 is 0. The van der Waals surface area contributed by atoms with Crippen LogP contribution in [0.3, 0.4) is 0 Å². The SMILES string of the molecule is CCC1C2CNCC2CN1C(=O)CC1CC1. The maximum absolute atomic E-state index is 12.2. The van der Waals surface area contributed by atoms with Gasteiger partial charge in [0.15, 0.2) is 0 Å². The first kappa shape index (κ1) is 10.6. The highest BCUT2D eigenvalue weighted by atomic mass is 16.2. The van der Waals surface area contributed by atoms with Crippen molar-refractivity contribution in [1.29, 1.82) is 0 Å². The van der Waals surface area contributed by atoms with E-state index in [9.17, 15) is 4.79 Å². The third-order valence-corrected chi connectivity index (χ3v) is 4.62. The fourth-order valence-corrected chi connectivity index (χ4v) is 3.52. The Hall–Kier alpha value is -0.570. The molecule has 2 aliphatic heterocycles. The molecule has 90 valence electrons. The van der Waals surface area contributed by atoms with Crippen LogP contribution in [0.25, 0.3) is 0 Å². The molecule has 1 N–H and O–H groups in total. The lowest BCUT2D eigenvalue weighted by Gasteiger charge is -2.27. The second-order valence-corrected chi connectivity index (χ2v) is 5.75. The summed E-state index contributed by atoms with van der Waals surface area (Å²) in [6.07, 6.45) is 4.51. The van der Waals surface area contributed by atoms with Gasteiger partial charge in [-0.3, -0.25) is 4.79 Å². The summed E-state index contributed by atoms with van der Waals surface area (Å²) in [5.41, 5.74) is 0. The maximum atomic E-state index is 12.2. The van der Waals surface area contributed by atoms with Crippen LogP contribution in [0.2, 0.25) is 0 Å². The number of hydrogen-bond acceptors (Lipinski definition) is 2. The van der Waals surface area contributed by atoms with Crippen molar-refractivity contribution in [3.63, 3.8) is 0 Å². The number of fused-ring (bicyclic) bond motifs is 1. The largest absolute Gasteiger partial charge is 0.339 e. The molecular weight excluding hydrogens is 200 g/mol. The van der Waals surface area contributed by atoms with Gasteiger partial charge < -0.3 is 10.2 Å². The lowest BCUT2D eigenvalue weighted by Crippen LogP contribution is -2.39. The number of nitrogens with one attached hydrogen (secondary N) is 1. The second kappa shape index (κ2) is 4.02. The van der Waals surface area contributed by atoms with Gasteiger partial charge in [0.2, 0.25) is 5.91 Å². The Kier molecular flexibility index (Phi) is 2.66. The van der Waals surface area contributed by atoms with E-state index in [1.807, 2.05) is 0 Å². The molecule has 2 heterocycles. The fraction of sp³-hybridized carbons (Fsp3) is 0.923. The minimum Gasteiger partial charge on any atom is -0.339 e. The minimum absolute atomic E-state index is 0.434. The molecule has 3 aliphatic rings. The first-order valence-electron chi connectivity index (χ1n) is 6.79. The molecule has 3 atom stereocenters. The molecule has 3 unspecified atom stereocenters. The van der Waals surface area contributed by atoms with E-state index in [0.717, 1.165) is 50.2 Å². The van der Waals surface area contributed by atoms with Crippen LogP contribution in [0, 0.1) is 17.8 Å². The highest BCUT2D eigenvalue weighted by Crippen LogP contribution is 2.37. The molecule has 3 fully saturated rings. The van der Waals surface area contributed by atoms with Gasteiger partial charge in [-0.2, -0.15) is 0 Å². The van der Waals surface area contributed by atoms with Crippen molar-refractivity contribution in [1.82, 2.24) is 10.2 Å². The Balaban J connectivity index is 1.67. The molecule has 1 aliphatic carbocycles. The summed E-state index contributed by atoms with van der Waals surface area (Å²) in [5.74, 6) is 2.62. The Morgan fingerprint density at radius 3 is 2.88 bits per heavy atom. The lowest BCUT2D eigenvalue weighted by molar-refractivity contribution is -0.132. The van der Waals surface area contributed by atoms with Gasteiger partial charge in [0.05, 0.1) is 0 Å². The van der Waals surface area contributed by atoms with Crippen molar-refractivity contribution in [2.75, 3.05) is 19.6 Å². The average Bonchev–Trinajstić information content (AvgIpc) is 2.85. The van der Waals surface area contributed by atoms with Crippen LogP contribution in [0.15, 0.2) is 0 Å². The lowest BCUT2D eigenvalue weighted by atomic mass is 9.93. The fourth-order valence-electron chi connectivity index (χ4n) is 3.52. The van der Waals surface area contributed by atoms with Gasteiger partial charge in [-0.25, -0.2) is 0 Å². The highest BCUT2D eigenvalue weighted by Gasteiger charge is 2.45. The number of nitrogens with zero attached hydrogens (tertiary/aromatic N) is 1. The summed E-state index contributed by atoms with van der Waals surface area (Å²) in [5, 5.41) is 3.46. The topological polar surface area (TPSA) is 32.3 Å². The molecule has 0 spiro atoms. The average molecular weight is 222 g/mol. The quantitative estimate of drug-likeness (QED) is 0.779. The molecule has 3 heteroatoms. The van der Waals surface area contributed by atoms with Crippen molar-refractivity contribution in [2.24, 2.45) is 17.8 Å². The number of rotatable bonds is 3. The molecule has 0 aromatic carbocycles. The van der Waals surface area contributed by atoms with Crippen LogP contribution in [0.1, 0.15) is 32.6 Å². The molecule has 0 bridgehead atoms. The molecule has 3 nitrogen and oxygen atoms in total. The standard InChI is InChI=1S/C13H22N2O/c1-2-12-11-7-14-6-10(11)8-15(12)13(16)5-9-3-4-9/h9-12,14H,2-8H2,1H3. The third kappa shape index (κ3) is 1.75. The number of carbonyl (C=O) groups is 1. The Labute approximate surface area is 97.6 Å². The third-order valence-electron chi connectivity index (χ3n) is 4.62. The normalized spacial score (nSPS) is 37.8. The summed E-state index contributed by atoms with van der Waals surface area (Å²) in [4.78, 5) is 14.4. The molecule has 1 saturated carbocycles. The number of likely N-dealkylation sites (tertiary alicyclic amines) is 1. The molecule has 1 amide bonds. The number of hydrogen-bond donors (Lipinski definition) is 1. The van der Waals surface area contributed by atoms with Gasteiger partial charge in [0.25, 0.3) is 0 Å². The van der Waals surface area contributed by atoms with Gasteiger partial charge in [-0.15, -0.1) is 0 Å². The van der Waals surface area contributed by atoms with E-state index in [1.54, 1.807) is 0 Å². The van der Waals surface area contributed by atoms with E-state index in [2.05, 4.69) is 17.1 Å². The van der Waals surface area contributed by atoms with Gasteiger partial charge in [0, 0.05) is 32.1 Å². The van der Waals surface area contributed by atoms with Crippen molar-refractivity contribution in [3.8, 4) is 0 Å². The van der Waals surface area contributed by atoms with Gasteiger partial charge >= 0.3 is 0 Å². The van der Waals surface area contributed by atoms with Crippen molar-refractivity contribution in [2.45, 2.75) is 38.6 Å². The smallest absolute Gasteiger partial charge is 0.223 e. The molecule has 0 aromatic rings. The van der Waals surface area contributed by atoms with E-state index < -0.39 is 0 Å². The van der Waals surface area contributed by atoms with Crippen molar-refractivity contribution in [3.05, 3.63) is 0 Å². The summed E-state index contributed by atoms with van der Waals surface area (Å²) < 4.78 is 0. The van der Waals surface area contributed by atoms with E-state index in [0.29, 0.717) is 11.9 Å². The first-order valence-corrected chi connectivity index (χ1v) is 6.79. The van der Waals surface area contributed by atoms with E-state index in [4.69, 9.17) is 0 Å². The zero-order valence-corrected chi connectivity index (χ0v) is 10.1. The molecular formula is C13H22N2O.